The van der Waals surface area contributed by atoms with Crippen LogP contribution in [0.4, 0.5) is 18.9 Å². The van der Waals surface area contributed by atoms with E-state index in [1.54, 1.807) is 0 Å². The Morgan fingerprint density at radius 1 is 0.739 bits per heavy atom. The van der Waals surface area contributed by atoms with Crippen LogP contribution in [0.25, 0.3) is 0 Å². The van der Waals surface area contributed by atoms with Gasteiger partial charge in [0.05, 0.1) is 0 Å². The fraction of sp³-hybridized carbons (Fsp3) is 0.667. The van der Waals surface area contributed by atoms with E-state index in [4.69, 9.17) is 0 Å². The molecule has 128 valence electrons. The van der Waals surface area contributed by atoms with E-state index in [-0.39, 0.29) is 5.69 Å². The van der Waals surface area contributed by atoms with Crippen LogP contribution >= 0.6 is 8.07 Å². The Kier molecular flexibility index (Phi) is 5.85. The molecule has 0 amide bonds. The largest absolute Gasteiger partial charge is 0.359 e. The molecule has 2 fully saturated rings. The Balaban J connectivity index is 1.82. The summed E-state index contributed by atoms with van der Waals surface area (Å²) in [5.41, 5.74) is 0.949. The van der Waals surface area contributed by atoms with Gasteiger partial charge in [0, 0.05) is 12.1 Å². The SMILES string of the molecule is Fc1cc(F)c(NP(C2CCCCC2)C2CCCCC2)c(F)c1. The normalized spacial score (nSPS) is 20.9. The minimum atomic E-state index is -0.856. The van der Waals surface area contributed by atoms with Crippen molar-refractivity contribution in [2.45, 2.75) is 75.5 Å². The van der Waals surface area contributed by atoms with Gasteiger partial charge in [-0.1, -0.05) is 38.5 Å². The number of rotatable bonds is 4. The molecule has 0 spiro atoms. The zero-order valence-corrected chi connectivity index (χ0v) is 14.4. The highest BCUT2D eigenvalue weighted by Crippen LogP contribution is 2.55. The minimum absolute atomic E-state index is 0.117. The minimum Gasteiger partial charge on any atom is -0.359 e. The Labute approximate surface area is 137 Å². The van der Waals surface area contributed by atoms with Gasteiger partial charge in [-0.3, -0.25) is 0 Å². The Hall–Kier alpha value is -0.760. The van der Waals surface area contributed by atoms with Crippen molar-refractivity contribution in [1.29, 1.82) is 0 Å². The number of halogens is 3. The predicted octanol–water partition coefficient (Wildman–Crippen LogP) is 6.58. The first-order valence-electron chi connectivity index (χ1n) is 8.84. The summed E-state index contributed by atoms with van der Waals surface area (Å²) < 4.78 is 41.3. The molecule has 1 aromatic carbocycles. The number of nitrogens with one attached hydrogen (secondary N) is 1. The van der Waals surface area contributed by atoms with E-state index in [0.29, 0.717) is 11.3 Å². The smallest absolute Gasteiger partial charge is 0.152 e. The molecule has 0 bridgehead atoms. The quantitative estimate of drug-likeness (QED) is 0.609. The van der Waals surface area contributed by atoms with Gasteiger partial charge < -0.3 is 5.09 Å². The highest BCUT2D eigenvalue weighted by Gasteiger charge is 2.32. The molecule has 2 aliphatic carbocycles. The van der Waals surface area contributed by atoms with Gasteiger partial charge in [-0.15, -0.1) is 0 Å². The fourth-order valence-corrected chi connectivity index (χ4v) is 7.25. The number of hydrogen-bond donors (Lipinski definition) is 1. The third-order valence-corrected chi connectivity index (χ3v) is 8.27. The highest BCUT2D eigenvalue weighted by molar-refractivity contribution is 7.60. The van der Waals surface area contributed by atoms with Crippen molar-refractivity contribution in [2.75, 3.05) is 5.09 Å². The molecule has 5 heteroatoms. The second-order valence-electron chi connectivity index (χ2n) is 6.85. The topological polar surface area (TPSA) is 12.0 Å². The van der Waals surface area contributed by atoms with Crippen LogP contribution in [0.3, 0.4) is 0 Å². The lowest BCUT2D eigenvalue weighted by Crippen LogP contribution is -2.24. The summed E-state index contributed by atoms with van der Waals surface area (Å²) >= 11 is 0. The van der Waals surface area contributed by atoms with E-state index in [1.165, 1.54) is 38.5 Å². The molecule has 2 saturated carbocycles. The molecule has 2 aliphatic rings. The van der Waals surface area contributed by atoms with Gasteiger partial charge in [0.2, 0.25) is 0 Å². The van der Waals surface area contributed by atoms with Crippen LogP contribution in [0.5, 0.6) is 0 Å². The van der Waals surface area contributed by atoms with Crippen molar-refractivity contribution >= 4 is 13.8 Å². The lowest BCUT2D eigenvalue weighted by molar-refractivity contribution is 0.485. The van der Waals surface area contributed by atoms with Crippen molar-refractivity contribution in [2.24, 2.45) is 0 Å². The van der Waals surface area contributed by atoms with Crippen molar-refractivity contribution in [3.63, 3.8) is 0 Å². The second-order valence-corrected chi connectivity index (χ2v) is 9.35. The summed E-state index contributed by atoms with van der Waals surface area (Å²) in [5, 5.41) is 3.23. The van der Waals surface area contributed by atoms with Crippen LogP contribution < -0.4 is 5.09 Å². The van der Waals surface area contributed by atoms with E-state index in [1.807, 2.05) is 0 Å². The van der Waals surface area contributed by atoms with Gasteiger partial charge in [-0.2, -0.15) is 0 Å². The predicted molar refractivity (Wildman–Crippen MR) is 90.6 cm³/mol. The summed E-state index contributed by atoms with van der Waals surface area (Å²) in [4.78, 5) is 0. The monoisotopic (exact) mass is 343 g/mol. The molecule has 0 aliphatic heterocycles. The van der Waals surface area contributed by atoms with E-state index in [2.05, 4.69) is 5.09 Å². The highest BCUT2D eigenvalue weighted by atomic mass is 31.1. The molecule has 0 heterocycles. The molecule has 0 atom stereocenters. The third-order valence-electron chi connectivity index (χ3n) is 5.18. The maximum Gasteiger partial charge on any atom is 0.152 e. The van der Waals surface area contributed by atoms with E-state index in [9.17, 15) is 13.2 Å². The molecule has 1 N–H and O–H groups in total. The molecular formula is C18H25F3NP. The Morgan fingerprint density at radius 2 is 1.17 bits per heavy atom. The zero-order valence-electron chi connectivity index (χ0n) is 13.5. The van der Waals surface area contributed by atoms with Crippen molar-refractivity contribution < 1.29 is 13.2 Å². The molecule has 3 rings (SSSR count). The summed E-state index contributed by atoms with van der Waals surface area (Å²) in [6.45, 7) is 0. The molecule has 0 radical (unpaired) electrons. The molecule has 1 aromatic rings. The molecule has 1 nitrogen and oxygen atoms in total. The number of hydrogen-bond acceptors (Lipinski definition) is 1. The van der Waals surface area contributed by atoms with E-state index < -0.39 is 25.5 Å². The molecule has 0 unspecified atom stereocenters. The lowest BCUT2D eigenvalue weighted by atomic mass is 10.00. The van der Waals surface area contributed by atoms with E-state index >= 15 is 0 Å². The van der Waals surface area contributed by atoms with Gasteiger partial charge in [-0.05, 0) is 45.1 Å². The third kappa shape index (κ3) is 4.21. The molecular weight excluding hydrogens is 318 g/mol. The van der Waals surface area contributed by atoms with Gasteiger partial charge in [0.15, 0.2) is 11.6 Å². The summed E-state index contributed by atoms with van der Waals surface area (Å²) in [6.07, 6.45) is 12.0. The van der Waals surface area contributed by atoms with Gasteiger partial charge in [-0.25, -0.2) is 13.2 Å². The van der Waals surface area contributed by atoms with Crippen molar-refractivity contribution in [3.05, 3.63) is 29.6 Å². The summed E-state index contributed by atoms with van der Waals surface area (Å²) in [7, 11) is -0.668. The Bertz CT molecular complexity index is 484. The van der Waals surface area contributed by atoms with Crippen LogP contribution in [-0.2, 0) is 0 Å². The number of anilines is 1. The maximum atomic E-state index is 14.1. The number of benzene rings is 1. The fourth-order valence-electron chi connectivity index (χ4n) is 3.98. The first kappa shape index (κ1) is 17.1. The second kappa shape index (κ2) is 7.88. The van der Waals surface area contributed by atoms with Gasteiger partial charge in [0.1, 0.15) is 11.5 Å². The Morgan fingerprint density at radius 3 is 1.61 bits per heavy atom. The molecule has 0 saturated heterocycles. The zero-order chi connectivity index (χ0) is 16.2. The standard InChI is InChI=1S/C18H25F3NP/c19-13-11-16(20)18(17(21)12-13)22-23(14-7-3-1-4-8-14)15-9-5-2-6-10-15/h11-12,14-15,22H,1-10H2. The van der Waals surface area contributed by atoms with E-state index in [0.717, 1.165) is 37.8 Å². The van der Waals surface area contributed by atoms with Crippen molar-refractivity contribution in [1.82, 2.24) is 0 Å². The lowest BCUT2D eigenvalue weighted by Gasteiger charge is -2.39. The van der Waals surface area contributed by atoms with Crippen molar-refractivity contribution in [3.8, 4) is 0 Å². The molecule has 0 aromatic heterocycles. The van der Waals surface area contributed by atoms with Crippen LogP contribution in [0.1, 0.15) is 64.2 Å². The average Bonchev–Trinajstić information content (AvgIpc) is 2.56. The first-order chi connectivity index (χ1) is 11.1. The van der Waals surface area contributed by atoms with Gasteiger partial charge in [0.25, 0.3) is 0 Å². The van der Waals surface area contributed by atoms with Crippen LogP contribution in [0, 0.1) is 17.5 Å². The first-order valence-corrected chi connectivity index (χ1v) is 10.3. The maximum absolute atomic E-state index is 14.1. The van der Waals surface area contributed by atoms with Crippen LogP contribution in [0.2, 0.25) is 0 Å². The average molecular weight is 343 g/mol. The molecule has 23 heavy (non-hydrogen) atoms. The van der Waals surface area contributed by atoms with Gasteiger partial charge >= 0.3 is 0 Å². The van der Waals surface area contributed by atoms with Crippen LogP contribution in [-0.4, -0.2) is 11.3 Å². The summed E-state index contributed by atoms with van der Waals surface area (Å²) in [5.74, 6) is -2.46. The van der Waals surface area contributed by atoms with Crippen LogP contribution in [0.15, 0.2) is 12.1 Å². The summed E-state index contributed by atoms with van der Waals surface area (Å²) in [6, 6.07) is 1.56.